The number of hydrogen-bond acceptors (Lipinski definition) is 3. The van der Waals surface area contributed by atoms with Crippen LogP contribution in [0.1, 0.15) is 52.7 Å². The number of thiophene rings is 1. The quantitative estimate of drug-likeness (QED) is 0.815. The lowest BCUT2D eigenvalue weighted by atomic mass is 10.1. The molecule has 0 aromatic carbocycles. The lowest BCUT2D eigenvalue weighted by Gasteiger charge is -2.10. The van der Waals surface area contributed by atoms with E-state index in [9.17, 15) is 4.79 Å². The number of hydrogen-bond donors (Lipinski definition) is 2. The van der Waals surface area contributed by atoms with Crippen molar-refractivity contribution in [2.24, 2.45) is 5.92 Å². The fourth-order valence-electron chi connectivity index (χ4n) is 2.46. The molecular formula is C15H23NO2S. The van der Waals surface area contributed by atoms with Gasteiger partial charge in [-0.05, 0) is 49.7 Å². The highest BCUT2D eigenvalue weighted by Crippen LogP contribution is 2.28. The fraction of sp³-hybridized carbons (Fsp3) is 0.667. The Balaban J connectivity index is 1.92. The van der Waals surface area contributed by atoms with Crippen LogP contribution in [-0.2, 0) is 12.8 Å². The molecule has 0 radical (unpaired) electrons. The Kier molecular flexibility index (Phi) is 5.40. The van der Waals surface area contributed by atoms with Crippen molar-refractivity contribution in [2.45, 2.75) is 45.4 Å². The summed E-state index contributed by atoms with van der Waals surface area (Å²) in [7, 11) is 0. The zero-order valence-corrected chi connectivity index (χ0v) is 12.4. The van der Waals surface area contributed by atoms with Crippen LogP contribution in [0.3, 0.4) is 0 Å². The van der Waals surface area contributed by atoms with Gasteiger partial charge in [0.15, 0.2) is 0 Å². The van der Waals surface area contributed by atoms with E-state index in [0.29, 0.717) is 12.5 Å². The van der Waals surface area contributed by atoms with Gasteiger partial charge in [-0.25, -0.2) is 0 Å². The van der Waals surface area contributed by atoms with Crippen LogP contribution in [0.25, 0.3) is 0 Å². The molecule has 1 aromatic rings. The van der Waals surface area contributed by atoms with E-state index in [1.54, 1.807) is 11.3 Å². The number of nitrogens with one attached hydrogen (secondary N) is 1. The molecule has 0 saturated carbocycles. The highest BCUT2D eigenvalue weighted by Gasteiger charge is 2.16. The molecule has 1 heterocycles. The maximum absolute atomic E-state index is 12.1. The highest BCUT2D eigenvalue weighted by atomic mass is 32.1. The number of carbonyl (C=O) groups excluding carboxylic acids is 1. The summed E-state index contributed by atoms with van der Waals surface area (Å²) in [5.41, 5.74) is 1.39. The molecule has 1 aliphatic carbocycles. The molecule has 19 heavy (non-hydrogen) atoms. The van der Waals surface area contributed by atoms with E-state index >= 15 is 0 Å². The molecule has 0 saturated heterocycles. The molecule has 1 amide bonds. The first-order chi connectivity index (χ1) is 9.20. The standard InChI is InChI=1S/C15H23NO2S/c1-11(7-8-17)10-16-15(18)14-9-12-5-3-2-4-6-13(12)19-14/h9,11,17H,2-8,10H2,1H3,(H,16,18). The minimum atomic E-state index is 0.0443. The van der Waals surface area contributed by atoms with Crippen LogP contribution in [0.4, 0.5) is 0 Å². The summed E-state index contributed by atoms with van der Waals surface area (Å²) in [6.07, 6.45) is 6.80. The first-order valence-corrected chi connectivity index (χ1v) is 8.03. The molecule has 0 bridgehead atoms. The van der Waals surface area contributed by atoms with Gasteiger partial charge in [0.05, 0.1) is 4.88 Å². The molecule has 2 rings (SSSR count). The van der Waals surface area contributed by atoms with E-state index in [4.69, 9.17) is 5.11 Å². The smallest absolute Gasteiger partial charge is 0.261 e. The first kappa shape index (κ1) is 14.5. The second-order valence-electron chi connectivity index (χ2n) is 5.45. The lowest BCUT2D eigenvalue weighted by Crippen LogP contribution is -2.28. The predicted molar refractivity (Wildman–Crippen MR) is 78.8 cm³/mol. The second-order valence-corrected chi connectivity index (χ2v) is 6.58. The molecule has 0 spiro atoms. The zero-order valence-electron chi connectivity index (χ0n) is 11.6. The minimum absolute atomic E-state index is 0.0443. The third-order valence-corrected chi connectivity index (χ3v) is 4.94. The van der Waals surface area contributed by atoms with Gasteiger partial charge < -0.3 is 10.4 Å². The highest BCUT2D eigenvalue weighted by molar-refractivity contribution is 7.14. The van der Waals surface area contributed by atoms with E-state index in [1.807, 2.05) is 6.92 Å². The number of aliphatic hydroxyl groups is 1. The summed E-state index contributed by atoms with van der Waals surface area (Å²) < 4.78 is 0. The molecule has 2 N–H and O–H groups in total. The van der Waals surface area contributed by atoms with Gasteiger partial charge in [0.1, 0.15) is 0 Å². The van der Waals surface area contributed by atoms with Gasteiger partial charge in [0.25, 0.3) is 5.91 Å². The number of amides is 1. The summed E-state index contributed by atoms with van der Waals surface area (Å²) in [5, 5.41) is 11.8. The van der Waals surface area contributed by atoms with Crippen molar-refractivity contribution in [1.29, 1.82) is 0 Å². The van der Waals surface area contributed by atoms with E-state index in [1.165, 1.54) is 29.7 Å². The average molecular weight is 281 g/mol. The van der Waals surface area contributed by atoms with Crippen molar-refractivity contribution in [2.75, 3.05) is 13.2 Å². The lowest BCUT2D eigenvalue weighted by molar-refractivity contribution is 0.0949. The van der Waals surface area contributed by atoms with Crippen LogP contribution in [0.15, 0.2) is 6.07 Å². The third kappa shape index (κ3) is 4.05. The largest absolute Gasteiger partial charge is 0.396 e. The summed E-state index contributed by atoms with van der Waals surface area (Å²) >= 11 is 1.66. The van der Waals surface area contributed by atoms with Crippen LogP contribution in [0, 0.1) is 5.92 Å². The summed E-state index contributed by atoms with van der Waals surface area (Å²) in [5.74, 6) is 0.370. The second kappa shape index (κ2) is 7.06. The SMILES string of the molecule is CC(CCO)CNC(=O)c1cc2c(s1)CCCCC2. The number of fused-ring (bicyclic) bond motifs is 1. The molecule has 1 unspecified atom stereocenters. The van der Waals surface area contributed by atoms with Crippen LogP contribution in [-0.4, -0.2) is 24.2 Å². The summed E-state index contributed by atoms with van der Waals surface area (Å²) in [4.78, 5) is 14.4. The van der Waals surface area contributed by atoms with Gasteiger partial charge in [0, 0.05) is 18.0 Å². The van der Waals surface area contributed by atoms with E-state index in [2.05, 4.69) is 11.4 Å². The van der Waals surface area contributed by atoms with Crippen molar-refractivity contribution in [3.8, 4) is 0 Å². The Morgan fingerprint density at radius 3 is 3.00 bits per heavy atom. The van der Waals surface area contributed by atoms with Crippen molar-refractivity contribution >= 4 is 17.2 Å². The minimum Gasteiger partial charge on any atom is -0.396 e. The van der Waals surface area contributed by atoms with Gasteiger partial charge in [0.2, 0.25) is 0 Å². The molecule has 0 fully saturated rings. The van der Waals surface area contributed by atoms with Crippen LogP contribution >= 0.6 is 11.3 Å². The van der Waals surface area contributed by atoms with E-state index < -0.39 is 0 Å². The molecule has 1 aromatic heterocycles. The molecular weight excluding hydrogens is 258 g/mol. The maximum atomic E-state index is 12.1. The van der Waals surface area contributed by atoms with Crippen LogP contribution < -0.4 is 5.32 Å². The number of carbonyl (C=O) groups is 1. The molecule has 4 heteroatoms. The zero-order chi connectivity index (χ0) is 13.7. The molecule has 1 atom stereocenters. The third-order valence-electron chi connectivity index (χ3n) is 3.70. The Hall–Kier alpha value is -0.870. The van der Waals surface area contributed by atoms with Gasteiger partial charge in [-0.1, -0.05) is 13.3 Å². The predicted octanol–water partition coefficient (Wildman–Crippen LogP) is 2.77. The summed E-state index contributed by atoms with van der Waals surface area (Å²) in [6, 6.07) is 2.08. The molecule has 106 valence electrons. The monoisotopic (exact) mass is 281 g/mol. The Labute approximate surface area is 119 Å². The average Bonchev–Trinajstić information content (AvgIpc) is 2.68. The van der Waals surface area contributed by atoms with Gasteiger partial charge in [-0.2, -0.15) is 0 Å². The van der Waals surface area contributed by atoms with Gasteiger partial charge in [-0.3, -0.25) is 4.79 Å². The normalized spacial score (nSPS) is 16.5. The number of aryl methyl sites for hydroxylation is 2. The maximum Gasteiger partial charge on any atom is 0.261 e. The Morgan fingerprint density at radius 2 is 2.21 bits per heavy atom. The van der Waals surface area contributed by atoms with Crippen molar-refractivity contribution in [3.05, 3.63) is 21.4 Å². The molecule has 0 aliphatic heterocycles. The fourth-order valence-corrected chi connectivity index (χ4v) is 3.63. The van der Waals surface area contributed by atoms with Crippen LogP contribution in [0.5, 0.6) is 0 Å². The first-order valence-electron chi connectivity index (χ1n) is 7.21. The molecule has 1 aliphatic rings. The molecule has 3 nitrogen and oxygen atoms in total. The van der Waals surface area contributed by atoms with Crippen molar-refractivity contribution < 1.29 is 9.90 Å². The Morgan fingerprint density at radius 1 is 1.42 bits per heavy atom. The Bertz CT molecular complexity index is 404. The number of rotatable bonds is 5. The number of aliphatic hydroxyl groups excluding tert-OH is 1. The van der Waals surface area contributed by atoms with Crippen molar-refractivity contribution in [1.82, 2.24) is 5.32 Å². The summed E-state index contributed by atoms with van der Waals surface area (Å²) in [6.45, 7) is 2.87. The van der Waals surface area contributed by atoms with Crippen molar-refractivity contribution in [3.63, 3.8) is 0 Å². The topological polar surface area (TPSA) is 49.3 Å². The van der Waals surface area contributed by atoms with E-state index in [0.717, 1.165) is 24.1 Å². The van der Waals surface area contributed by atoms with E-state index in [-0.39, 0.29) is 12.5 Å². The van der Waals surface area contributed by atoms with Gasteiger partial charge in [-0.15, -0.1) is 11.3 Å². The van der Waals surface area contributed by atoms with Gasteiger partial charge >= 0.3 is 0 Å². The van der Waals surface area contributed by atoms with Crippen LogP contribution in [0.2, 0.25) is 0 Å².